The van der Waals surface area contributed by atoms with Gasteiger partial charge in [-0.2, -0.15) is 4.98 Å². The molecule has 31 heavy (non-hydrogen) atoms. The van der Waals surface area contributed by atoms with E-state index in [2.05, 4.69) is 9.88 Å². The fourth-order valence-corrected chi connectivity index (χ4v) is 5.48. The van der Waals surface area contributed by atoms with Crippen molar-refractivity contribution in [1.82, 2.24) is 24.5 Å². The van der Waals surface area contributed by atoms with Gasteiger partial charge in [0.2, 0.25) is 5.95 Å². The number of nitrogens with zero attached hydrogens (tertiary/aromatic N) is 6. The van der Waals surface area contributed by atoms with Crippen molar-refractivity contribution >= 4 is 39.8 Å². The fourth-order valence-electron chi connectivity index (χ4n) is 4.18. The highest BCUT2D eigenvalue weighted by Crippen LogP contribution is 2.36. The molecule has 0 radical (unpaired) electrons. The molecule has 0 aliphatic carbocycles. The minimum absolute atomic E-state index is 0.0819. The summed E-state index contributed by atoms with van der Waals surface area (Å²) in [6, 6.07) is 3.88. The Morgan fingerprint density at radius 1 is 1.26 bits per heavy atom. The first-order valence-corrected chi connectivity index (χ1v) is 12.5. The topological polar surface area (TPSA) is 92.9 Å². The normalized spacial score (nSPS) is 21.8. The number of amides is 1. The molecule has 3 unspecified atom stereocenters. The van der Waals surface area contributed by atoms with Gasteiger partial charge in [-0.3, -0.25) is 9.11 Å². The standard InChI is InChI=1S/C20H24N6O3S2/c1-20(2,3)29-19(27)25-12-9-13(25)11-24(10-12)18-22-16-15(31(4)28)6-5-14(26(16)23-18)17-21-7-8-30-17/h5-8,12-13H,9-11H2,1-4H3. The predicted octanol–water partition coefficient (Wildman–Crippen LogP) is 2.79. The Bertz CT molecular complexity index is 1160. The fraction of sp³-hybridized carbons (Fsp3) is 0.500. The predicted molar refractivity (Wildman–Crippen MR) is 119 cm³/mol. The average molecular weight is 461 g/mol. The summed E-state index contributed by atoms with van der Waals surface area (Å²) < 4.78 is 19.6. The summed E-state index contributed by atoms with van der Waals surface area (Å²) in [4.78, 5) is 26.2. The minimum Gasteiger partial charge on any atom is -0.444 e. The molecule has 3 aliphatic heterocycles. The molecule has 3 saturated heterocycles. The molecular formula is C20H24N6O3S2. The highest BCUT2D eigenvalue weighted by molar-refractivity contribution is 7.84. The van der Waals surface area contributed by atoms with Gasteiger partial charge in [0.1, 0.15) is 16.3 Å². The second-order valence-electron chi connectivity index (χ2n) is 8.86. The third-order valence-electron chi connectivity index (χ3n) is 5.48. The van der Waals surface area contributed by atoms with E-state index >= 15 is 0 Å². The molecule has 3 aliphatic rings. The maximum absolute atomic E-state index is 12.5. The van der Waals surface area contributed by atoms with Gasteiger partial charge in [0.25, 0.3) is 0 Å². The lowest BCUT2D eigenvalue weighted by atomic mass is 9.88. The first kappa shape index (κ1) is 20.4. The third-order valence-corrected chi connectivity index (χ3v) is 7.21. The first-order chi connectivity index (χ1) is 14.7. The van der Waals surface area contributed by atoms with Crippen molar-refractivity contribution in [3.05, 3.63) is 23.7 Å². The molecular weight excluding hydrogens is 436 g/mol. The Morgan fingerprint density at radius 3 is 2.61 bits per heavy atom. The zero-order valence-corrected chi connectivity index (χ0v) is 19.4. The van der Waals surface area contributed by atoms with E-state index in [9.17, 15) is 9.00 Å². The number of fused-ring (bicyclic) bond motifs is 3. The smallest absolute Gasteiger partial charge is 0.410 e. The Labute approximate surface area is 186 Å². The summed E-state index contributed by atoms with van der Waals surface area (Å²) in [7, 11) is -1.20. The van der Waals surface area contributed by atoms with Crippen molar-refractivity contribution in [3.8, 4) is 10.7 Å². The van der Waals surface area contributed by atoms with E-state index in [1.807, 2.05) is 43.2 Å². The van der Waals surface area contributed by atoms with Gasteiger partial charge in [0, 0.05) is 30.9 Å². The lowest BCUT2D eigenvalue weighted by Gasteiger charge is -2.55. The molecule has 164 valence electrons. The van der Waals surface area contributed by atoms with Crippen molar-refractivity contribution in [1.29, 1.82) is 0 Å². The van der Waals surface area contributed by atoms with Gasteiger partial charge < -0.3 is 9.64 Å². The van der Waals surface area contributed by atoms with Crippen molar-refractivity contribution < 1.29 is 13.7 Å². The van der Waals surface area contributed by atoms with E-state index in [4.69, 9.17) is 14.8 Å². The van der Waals surface area contributed by atoms with E-state index in [1.54, 1.807) is 17.0 Å². The lowest BCUT2D eigenvalue weighted by Crippen LogP contribution is -2.70. The number of anilines is 1. The molecule has 3 aromatic heterocycles. The van der Waals surface area contributed by atoms with Crippen LogP contribution >= 0.6 is 11.3 Å². The van der Waals surface area contributed by atoms with E-state index in [-0.39, 0.29) is 18.2 Å². The van der Waals surface area contributed by atoms with Crippen LogP contribution in [0.15, 0.2) is 28.6 Å². The van der Waals surface area contributed by atoms with Gasteiger partial charge >= 0.3 is 6.09 Å². The van der Waals surface area contributed by atoms with Gasteiger partial charge in [0.05, 0.1) is 27.8 Å². The van der Waals surface area contributed by atoms with Crippen molar-refractivity contribution in [3.63, 3.8) is 0 Å². The summed E-state index contributed by atoms with van der Waals surface area (Å²) in [6.45, 7) is 6.92. The molecule has 0 saturated carbocycles. The largest absolute Gasteiger partial charge is 0.444 e. The van der Waals surface area contributed by atoms with Gasteiger partial charge in [-0.05, 0) is 39.3 Å². The average Bonchev–Trinajstić information content (AvgIpc) is 3.35. The molecule has 1 amide bonds. The number of ether oxygens (including phenoxy) is 1. The number of carbonyl (C=O) groups excluding carboxylic acids is 1. The molecule has 0 aromatic carbocycles. The van der Waals surface area contributed by atoms with Gasteiger partial charge in [-0.15, -0.1) is 16.4 Å². The van der Waals surface area contributed by atoms with Crippen LogP contribution in [-0.2, 0) is 15.5 Å². The SMILES string of the molecule is CS(=O)c1ccc(-c2nccs2)n2nc(N3CC4CC(C3)N4C(=O)OC(C)(C)C)nc12. The molecule has 6 heterocycles. The van der Waals surface area contributed by atoms with E-state index in [0.29, 0.717) is 29.6 Å². The molecule has 9 nitrogen and oxygen atoms in total. The quantitative estimate of drug-likeness (QED) is 0.593. The number of aromatic nitrogens is 4. The van der Waals surface area contributed by atoms with Gasteiger partial charge in [-0.1, -0.05) is 0 Å². The molecule has 3 aromatic rings. The first-order valence-electron chi connectivity index (χ1n) is 10.1. The van der Waals surface area contributed by atoms with Crippen LogP contribution in [0.1, 0.15) is 27.2 Å². The molecule has 3 atom stereocenters. The number of thiazole rings is 1. The van der Waals surface area contributed by atoms with Crippen LogP contribution in [0.4, 0.5) is 10.7 Å². The van der Waals surface area contributed by atoms with Crippen LogP contribution in [0, 0.1) is 0 Å². The van der Waals surface area contributed by atoms with E-state index in [1.165, 1.54) is 11.3 Å². The maximum Gasteiger partial charge on any atom is 0.410 e. The summed E-state index contributed by atoms with van der Waals surface area (Å²) in [5.74, 6) is 0.578. The van der Waals surface area contributed by atoms with Crippen LogP contribution in [0.25, 0.3) is 16.3 Å². The number of piperazine rings is 1. The summed E-state index contributed by atoms with van der Waals surface area (Å²) in [5.41, 5.74) is 0.879. The van der Waals surface area contributed by atoms with Crippen LogP contribution < -0.4 is 4.90 Å². The minimum atomic E-state index is -1.20. The summed E-state index contributed by atoms with van der Waals surface area (Å²) in [5, 5.41) is 7.49. The Kier molecular flexibility index (Phi) is 4.78. The molecule has 3 fully saturated rings. The zero-order chi connectivity index (χ0) is 21.9. The molecule has 11 heteroatoms. The highest BCUT2D eigenvalue weighted by Gasteiger charge is 2.49. The Balaban J connectivity index is 1.45. The number of piperidine rings is 1. The molecule has 2 bridgehead atoms. The van der Waals surface area contributed by atoms with Crippen LogP contribution in [0.3, 0.4) is 0 Å². The monoisotopic (exact) mass is 460 g/mol. The Hall–Kier alpha value is -2.53. The lowest BCUT2D eigenvalue weighted by molar-refractivity contribution is -0.0381. The number of hydrogen-bond donors (Lipinski definition) is 0. The number of pyridine rings is 1. The third kappa shape index (κ3) is 3.59. The summed E-state index contributed by atoms with van der Waals surface area (Å²) >= 11 is 1.52. The van der Waals surface area contributed by atoms with E-state index < -0.39 is 16.4 Å². The van der Waals surface area contributed by atoms with Gasteiger partial charge in [-0.25, -0.2) is 14.3 Å². The van der Waals surface area contributed by atoms with Crippen molar-refractivity contribution in [2.75, 3.05) is 24.2 Å². The van der Waals surface area contributed by atoms with Crippen molar-refractivity contribution in [2.24, 2.45) is 0 Å². The maximum atomic E-state index is 12.5. The number of rotatable bonds is 3. The molecule has 0 N–H and O–H groups in total. The second kappa shape index (κ2) is 7.27. The second-order valence-corrected chi connectivity index (χ2v) is 11.1. The van der Waals surface area contributed by atoms with Crippen molar-refractivity contribution in [2.45, 2.75) is 49.8 Å². The summed E-state index contributed by atoms with van der Waals surface area (Å²) in [6.07, 6.45) is 4.09. The Morgan fingerprint density at radius 2 is 2.00 bits per heavy atom. The van der Waals surface area contributed by atoms with Crippen LogP contribution in [-0.4, -0.2) is 71.8 Å². The van der Waals surface area contributed by atoms with Crippen LogP contribution in [0.5, 0.6) is 0 Å². The highest BCUT2D eigenvalue weighted by atomic mass is 32.2. The number of hydrogen-bond acceptors (Lipinski definition) is 8. The zero-order valence-electron chi connectivity index (χ0n) is 17.8. The van der Waals surface area contributed by atoms with Gasteiger partial charge in [0.15, 0.2) is 5.65 Å². The molecule has 0 spiro atoms. The van der Waals surface area contributed by atoms with E-state index in [0.717, 1.165) is 17.1 Å². The van der Waals surface area contributed by atoms with Crippen LogP contribution in [0.2, 0.25) is 0 Å². The number of carbonyl (C=O) groups is 1. The molecule has 6 rings (SSSR count).